The van der Waals surface area contributed by atoms with Gasteiger partial charge in [-0.1, -0.05) is 0 Å². The molecule has 7 heteroatoms. The largest absolute Gasteiger partial charge is 0.481 e. The zero-order chi connectivity index (χ0) is 14.3. The summed E-state index contributed by atoms with van der Waals surface area (Å²) < 4.78 is 10.3. The lowest BCUT2D eigenvalue weighted by Gasteiger charge is -2.34. The van der Waals surface area contributed by atoms with Gasteiger partial charge in [-0.05, 0) is 19.8 Å². The molecule has 1 rings (SSSR count). The Morgan fingerprint density at radius 2 is 2.26 bits per heavy atom. The number of hydrogen-bond acceptors (Lipinski definition) is 4. The van der Waals surface area contributed by atoms with Crippen LogP contribution in [0.4, 0.5) is 4.79 Å². The number of ether oxygens (including phenoxy) is 2. The van der Waals surface area contributed by atoms with Gasteiger partial charge >= 0.3 is 12.0 Å². The summed E-state index contributed by atoms with van der Waals surface area (Å²) in [5.41, 5.74) is -0.363. The number of methoxy groups -OCH3 is 1. The maximum atomic E-state index is 11.7. The van der Waals surface area contributed by atoms with E-state index in [1.807, 2.05) is 6.92 Å². The highest BCUT2D eigenvalue weighted by atomic mass is 16.5. The van der Waals surface area contributed by atoms with E-state index in [1.54, 1.807) is 0 Å². The highest BCUT2D eigenvalue weighted by Crippen LogP contribution is 2.17. The lowest BCUT2D eigenvalue weighted by atomic mass is 9.95. The van der Waals surface area contributed by atoms with Gasteiger partial charge < -0.3 is 25.2 Å². The fraction of sp³-hybridized carbons (Fsp3) is 0.833. The van der Waals surface area contributed by atoms with Crippen molar-refractivity contribution in [2.45, 2.75) is 37.8 Å². The Kier molecular flexibility index (Phi) is 6.04. The minimum absolute atomic E-state index is 0.142. The fourth-order valence-electron chi connectivity index (χ4n) is 1.99. The van der Waals surface area contributed by atoms with E-state index in [9.17, 15) is 9.59 Å². The summed E-state index contributed by atoms with van der Waals surface area (Å²) in [6.07, 6.45) is 1.11. The molecule has 0 aromatic rings. The molecule has 2 atom stereocenters. The quantitative estimate of drug-likeness (QED) is 0.649. The summed E-state index contributed by atoms with van der Waals surface area (Å²) in [5.74, 6) is -0.957. The molecule has 3 N–H and O–H groups in total. The van der Waals surface area contributed by atoms with Gasteiger partial charge in [-0.15, -0.1) is 0 Å². The van der Waals surface area contributed by atoms with Crippen LogP contribution in [0.1, 0.15) is 26.2 Å². The van der Waals surface area contributed by atoms with Crippen molar-refractivity contribution in [3.63, 3.8) is 0 Å². The van der Waals surface area contributed by atoms with Gasteiger partial charge in [0.15, 0.2) is 0 Å². The molecule has 2 unspecified atom stereocenters. The third kappa shape index (κ3) is 5.89. The second kappa shape index (κ2) is 7.30. The Morgan fingerprint density at radius 3 is 2.79 bits per heavy atom. The maximum absolute atomic E-state index is 11.7. The first-order chi connectivity index (χ1) is 8.95. The Morgan fingerprint density at radius 1 is 1.53 bits per heavy atom. The van der Waals surface area contributed by atoms with Crippen LogP contribution < -0.4 is 10.6 Å². The molecule has 2 amide bonds. The fourth-order valence-corrected chi connectivity index (χ4v) is 1.99. The van der Waals surface area contributed by atoms with Gasteiger partial charge in [0.05, 0.1) is 24.7 Å². The average molecular weight is 274 g/mol. The number of amides is 2. The zero-order valence-electron chi connectivity index (χ0n) is 11.4. The Balaban J connectivity index is 2.31. The minimum atomic E-state index is -0.957. The van der Waals surface area contributed by atoms with E-state index in [0.717, 1.165) is 19.4 Å². The first kappa shape index (κ1) is 15.7. The number of aliphatic carboxylic acids is 1. The topological polar surface area (TPSA) is 96.9 Å². The van der Waals surface area contributed by atoms with E-state index in [-0.39, 0.29) is 24.5 Å². The van der Waals surface area contributed by atoms with Gasteiger partial charge in [-0.25, -0.2) is 4.79 Å². The summed E-state index contributed by atoms with van der Waals surface area (Å²) >= 11 is 0. The molecule has 0 aromatic carbocycles. The molecule has 110 valence electrons. The molecule has 0 aliphatic carbocycles. The maximum Gasteiger partial charge on any atom is 0.315 e. The van der Waals surface area contributed by atoms with Crippen LogP contribution in [-0.4, -0.2) is 55.6 Å². The number of carboxylic acids is 1. The molecule has 1 aliphatic rings. The molecular formula is C12H22N2O5. The monoisotopic (exact) mass is 274 g/mol. The van der Waals surface area contributed by atoms with Crippen LogP contribution in [0.5, 0.6) is 0 Å². The van der Waals surface area contributed by atoms with Gasteiger partial charge in [0.1, 0.15) is 0 Å². The summed E-state index contributed by atoms with van der Waals surface area (Å²) in [4.78, 5) is 22.3. The van der Waals surface area contributed by atoms with E-state index in [4.69, 9.17) is 14.6 Å². The van der Waals surface area contributed by atoms with E-state index in [1.165, 1.54) is 7.11 Å². The lowest BCUT2D eigenvalue weighted by molar-refractivity contribution is -0.139. The molecular weight excluding hydrogens is 252 g/mol. The van der Waals surface area contributed by atoms with Gasteiger partial charge in [0.25, 0.3) is 0 Å². The van der Waals surface area contributed by atoms with Crippen molar-refractivity contribution >= 4 is 12.0 Å². The first-order valence-corrected chi connectivity index (χ1v) is 6.33. The predicted octanol–water partition coefficient (Wildman–Crippen LogP) is 0.344. The van der Waals surface area contributed by atoms with Crippen LogP contribution in [0.15, 0.2) is 0 Å². The van der Waals surface area contributed by atoms with Crippen LogP contribution in [0, 0.1) is 0 Å². The second-order valence-corrected chi connectivity index (χ2v) is 5.01. The van der Waals surface area contributed by atoms with Crippen molar-refractivity contribution in [1.82, 2.24) is 10.6 Å². The number of urea groups is 1. The molecule has 0 bridgehead atoms. The smallest absolute Gasteiger partial charge is 0.315 e. The second-order valence-electron chi connectivity index (χ2n) is 5.01. The molecule has 0 aromatic heterocycles. The van der Waals surface area contributed by atoms with Crippen molar-refractivity contribution in [3.8, 4) is 0 Å². The molecule has 19 heavy (non-hydrogen) atoms. The van der Waals surface area contributed by atoms with Crippen LogP contribution >= 0.6 is 0 Å². The van der Waals surface area contributed by atoms with E-state index < -0.39 is 12.1 Å². The lowest BCUT2D eigenvalue weighted by Crippen LogP contribution is -2.55. The van der Waals surface area contributed by atoms with Gasteiger partial charge in [-0.2, -0.15) is 0 Å². The SMILES string of the molecule is COC(CNC(=O)NC1(C)CCCOC1)CC(=O)O. The number of hydrogen-bond donors (Lipinski definition) is 3. The number of carbonyl (C=O) groups is 2. The van der Waals surface area contributed by atoms with Crippen molar-refractivity contribution in [1.29, 1.82) is 0 Å². The van der Waals surface area contributed by atoms with E-state index in [2.05, 4.69) is 10.6 Å². The van der Waals surface area contributed by atoms with Crippen LogP contribution in [-0.2, 0) is 14.3 Å². The molecule has 1 heterocycles. The summed E-state index contributed by atoms with van der Waals surface area (Å²) in [5, 5.41) is 14.1. The summed E-state index contributed by atoms with van der Waals surface area (Å²) in [6.45, 7) is 3.30. The minimum Gasteiger partial charge on any atom is -0.481 e. The molecule has 0 spiro atoms. The van der Waals surface area contributed by atoms with Gasteiger partial charge in [0.2, 0.25) is 0 Å². The molecule has 7 nitrogen and oxygen atoms in total. The predicted molar refractivity (Wildman–Crippen MR) is 68.0 cm³/mol. The van der Waals surface area contributed by atoms with Crippen LogP contribution in [0.3, 0.4) is 0 Å². The van der Waals surface area contributed by atoms with Crippen molar-refractivity contribution in [2.24, 2.45) is 0 Å². The molecule has 1 fully saturated rings. The zero-order valence-corrected chi connectivity index (χ0v) is 11.4. The molecule has 0 radical (unpaired) electrons. The Hall–Kier alpha value is -1.34. The highest BCUT2D eigenvalue weighted by Gasteiger charge is 2.29. The van der Waals surface area contributed by atoms with Crippen molar-refractivity contribution in [2.75, 3.05) is 26.9 Å². The number of carbonyl (C=O) groups excluding carboxylic acids is 1. The van der Waals surface area contributed by atoms with Crippen molar-refractivity contribution < 1.29 is 24.2 Å². The summed E-state index contributed by atoms with van der Waals surface area (Å²) in [7, 11) is 1.42. The average Bonchev–Trinajstić information content (AvgIpc) is 2.34. The molecule has 0 saturated carbocycles. The first-order valence-electron chi connectivity index (χ1n) is 6.33. The van der Waals surface area contributed by atoms with Gasteiger partial charge in [-0.3, -0.25) is 4.79 Å². The number of carboxylic acid groups (broad SMARTS) is 1. The van der Waals surface area contributed by atoms with Crippen LogP contribution in [0.2, 0.25) is 0 Å². The normalized spacial score (nSPS) is 24.5. The van der Waals surface area contributed by atoms with E-state index in [0.29, 0.717) is 6.61 Å². The van der Waals surface area contributed by atoms with E-state index >= 15 is 0 Å². The van der Waals surface area contributed by atoms with Crippen LogP contribution in [0.25, 0.3) is 0 Å². The van der Waals surface area contributed by atoms with Crippen molar-refractivity contribution in [3.05, 3.63) is 0 Å². The standard InChI is InChI=1S/C12H22N2O5/c1-12(4-3-5-19-8-12)14-11(17)13-7-9(18-2)6-10(15)16/h9H,3-8H2,1-2H3,(H,15,16)(H2,13,14,17). The summed E-state index contributed by atoms with van der Waals surface area (Å²) in [6, 6.07) is -0.333. The number of rotatable bonds is 6. The highest BCUT2D eigenvalue weighted by molar-refractivity contribution is 5.75. The Bertz CT molecular complexity index is 315. The molecule has 1 aliphatic heterocycles. The third-order valence-corrected chi connectivity index (χ3v) is 3.08. The molecule has 1 saturated heterocycles. The van der Waals surface area contributed by atoms with Gasteiger partial charge in [0, 0.05) is 20.3 Å². The third-order valence-electron chi connectivity index (χ3n) is 3.08. The number of nitrogens with one attached hydrogen (secondary N) is 2. The Labute approximate surface area is 112 Å².